The lowest BCUT2D eigenvalue weighted by Crippen LogP contribution is -2.44. The van der Waals surface area contributed by atoms with Gasteiger partial charge in [0.25, 0.3) is 0 Å². The third-order valence-corrected chi connectivity index (χ3v) is 6.31. The van der Waals surface area contributed by atoms with E-state index in [0.29, 0.717) is 6.04 Å². The van der Waals surface area contributed by atoms with Gasteiger partial charge in [0.1, 0.15) is 17.2 Å². The first kappa shape index (κ1) is 20.5. The maximum atomic E-state index is 5.62. The maximum Gasteiger partial charge on any atom is 0.143 e. The number of hydrogen-bond donors (Lipinski definition) is 0. The summed E-state index contributed by atoms with van der Waals surface area (Å²) in [5.74, 6) is 1.92. The molecule has 2 aromatic heterocycles. The number of nitrogens with zero attached hydrogens (tertiary/aromatic N) is 5. The van der Waals surface area contributed by atoms with Crippen molar-refractivity contribution in [3.05, 3.63) is 84.1 Å². The van der Waals surface area contributed by atoms with E-state index in [1.54, 1.807) is 0 Å². The zero-order valence-corrected chi connectivity index (χ0v) is 19.0. The van der Waals surface area contributed by atoms with Gasteiger partial charge in [-0.1, -0.05) is 36.9 Å². The number of likely N-dealkylation sites (N-methyl/N-ethyl adjacent to an activating group) is 1. The number of anilines is 1. The molecule has 0 amide bonds. The standard InChI is InChI=1S/C26H29N5O/c1-18-12-22(16-29(4)20(18)3)26-28-23-14-27-25(30-10-11-32-17-19(30)2)13-24(23)31(26)15-21-8-6-5-7-9-21/h5-9,12-14,16,19H,3,10-11,15,17H2,1-2,4H3/t19-/m0/s1. The van der Waals surface area contributed by atoms with E-state index >= 15 is 0 Å². The Bertz CT molecular complexity index is 1220. The van der Waals surface area contributed by atoms with Gasteiger partial charge in [-0.2, -0.15) is 0 Å². The summed E-state index contributed by atoms with van der Waals surface area (Å²) < 4.78 is 7.93. The van der Waals surface area contributed by atoms with Crippen molar-refractivity contribution in [1.82, 2.24) is 19.4 Å². The summed E-state index contributed by atoms with van der Waals surface area (Å²) in [4.78, 5) is 14.2. The quantitative estimate of drug-likeness (QED) is 0.616. The second-order valence-corrected chi connectivity index (χ2v) is 8.63. The predicted octanol–water partition coefficient (Wildman–Crippen LogP) is 4.45. The van der Waals surface area contributed by atoms with E-state index in [2.05, 4.69) is 83.5 Å². The first-order valence-electron chi connectivity index (χ1n) is 11.1. The van der Waals surface area contributed by atoms with Crippen LogP contribution in [0.1, 0.15) is 25.2 Å². The zero-order valence-electron chi connectivity index (χ0n) is 19.0. The van der Waals surface area contributed by atoms with Gasteiger partial charge in [0.15, 0.2) is 0 Å². The van der Waals surface area contributed by atoms with Gasteiger partial charge in [0, 0.05) is 43.7 Å². The number of rotatable bonds is 4. The van der Waals surface area contributed by atoms with Crippen molar-refractivity contribution in [3.8, 4) is 0 Å². The highest BCUT2D eigenvalue weighted by Crippen LogP contribution is 2.31. The van der Waals surface area contributed by atoms with Crippen molar-refractivity contribution in [2.75, 3.05) is 31.7 Å². The van der Waals surface area contributed by atoms with Crippen LogP contribution in [0.15, 0.2) is 72.7 Å². The number of hydrogen-bond acceptors (Lipinski definition) is 5. The summed E-state index contributed by atoms with van der Waals surface area (Å²) >= 11 is 0. The molecule has 2 aliphatic heterocycles. The van der Waals surface area contributed by atoms with E-state index < -0.39 is 0 Å². The number of morpholine rings is 1. The van der Waals surface area contributed by atoms with Crippen LogP contribution in [-0.2, 0) is 11.3 Å². The Morgan fingerprint density at radius 2 is 2.03 bits per heavy atom. The Hall–Kier alpha value is -3.38. The second-order valence-electron chi connectivity index (χ2n) is 8.63. The number of imidazole rings is 1. The smallest absolute Gasteiger partial charge is 0.143 e. The number of allylic oxidation sites excluding steroid dienone is 3. The van der Waals surface area contributed by atoms with Crippen LogP contribution in [0, 0.1) is 0 Å². The van der Waals surface area contributed by atoms with Gasteiger partial charge in [-0.25, -0.2) is 9.97 Å². The van der Waals surface area contributed by atoms with Crippen molar-refractivity contribution >= 4 is 22.4 Å². The van der Waals surface area contributed by atoms with Crippen LogP contribution in [0.3, 0.4) is 0 Å². The minimum atomic E-state index is 0.296. The van der Waals surface area contributed by atoms with E-state index in [0.717, 1.165) is 65.8 Å². The molecule has 0 bridgehead atoms. The van der Waals surface area contributed by atoms with Crippen LogP contribution in [-0.4, -0.2) is 52.3 Å². The van der Waals surface area contributed by atoms with E-state index in [1.807, 2.05) is 13.2 Å². The molecular formula is C26H29N5O. The molecule has 0 aliphatic carbocycles. The minimum absolute atomic E-state index is 0.296. The fourth-order valence-electron chi connectivity index (χ4n) is 4.43. The Labute approximate surface area is 189 Å². The molecule has 1 aromatic carbocycles. The summed E-state index contributed by atoms with van der Waals surface area (Å²) in [6, 6.07) is 13.0. The van der Waals surface area contributed by atoms with E-state index in [4.69, 9.17) is 14.7 Å². The molecule has 6 nitrogen and oxygen atoms in total. The van der Waals surface area contributed by atoms with Crippen LogP contribution < -0.4 is 4.90 Å². The molecule has 0 unspecified atom stereocenters. The molecule has 0 radical (unpaired) electrons. The lowest BCUT2D eigenvalue weighted by Gasteiger charge is -2.34. The molecule has 1 saturated heterocycles. The van der Waals surface area contributed by atoms with Crippen LogP contribution in [0.2, 0.25) is 0 Å². The normalized spacial score (nSPS) is 19.3. The predicted molar refractivity (Wildman–Crippen MR) is 129 cm³/mol. The van der Waals surface area contributed by atoms with Crippen LogP contribution in [0.4, 0.5) is 5.82 Å². The highest BCUT2D eigenvalue weighted by molar-refractivity contribution is 5.84. The van der Waals surface area contributed by atoms with E-state index in [-0.39, 0.29) is 0 Å². The van der Waals surface area contributed by atoms with Crippen LogP contribution in [0.25, 0.3) is 16.6 Å². The molecule has 1 fully saturated rings. The molecule has 1 atom stereocenters. The van der Waals surface area contributed by atoms with Crippen molar-refractivity contribution in [2.45, 2.75) is 26.4 Å². The molecule has 0 saturated carbocycles. The molecule has 0 N–H and O–H groups in total. The van der Waals surface area contributed by atoms with Crippen molar-refractivity contribution in [1.29, 1.82) is 0 Å². The monoisotopic (exact) mass is 427 g/mol. The summed E-state index contributed by atoms with van der Waals surface area (Å²) in [6.07, 6.45) is 6.18. The van der Waals surface area contributed by atoms with Crippen molar-refractivity contribution in [3.63, 3.8) is 0 Å². The molecule has 32 heavy (non-hydrogen) atoms. The summed E-state index contributed by atoms with van der Waals surface area (Å²) in [7, 11) is 2.03. The van der Waals surface area contributed by atoms with Crippen molar-refractivity contribution < 1.29 is 4.74 Å². The summed E-state index contributed by atoms with van der Waals surface area (Å²) in [5, 5.41) is 0. The lowest BCUT2D eigenvalue weighted by atomic mass is 10.1. The minimum Gasteiger partial charge on any atom is -0.377 e. The van der Waals surface area contributed by atoms with Crippen LogP contribution in [0.5, 0.6) is 0 Å². The van der Waals surface area contributed by atoms with E-state index in [9.17, 15) is 0 Å². The third-order valence-electron chi connectivity index (χ3n) is 6.31. The first-order chi connectivity index (χ1) is 15.5. The van der Waals surface area contributed by atoms with Gasteiger partial charge in [-0.3, -0.25) is 0 Å². The SMILES string of the molecule is C=C1C(C)=CC(c2nc3cnc(N4CCOC[C@@H]4C)cc3n2Cc2ccccc2)=CN1C. The van der Waals surface area contributed by atoms with E-state index in [1.165, 1.54) is 5.56 Å². The fourth-order valence-corrected chi connectivity index (χ4v) is 4.43. The first-order valence-corrected chi connectivity index (χ1v) is 11.1. The van der Waals surface area contributed by atoms with Gasteiger partial charge < -0.3 is 19.1 Å². The van der Waals surface area contributed by atoms with Crippen molar-refractivity contribution in [2.24, 2.45) is 0 Å². The molecule has 3 aromatic rings. The topological polar surface area (TPSA) is 46.4 Å². The average molecular weight is 428 g/mol. The third kappa shape index (κ3) is 3.71. The van der Waals surface area contributed by atoms with Crippen LogP contribution >= 0.6 is 0 Å². The van der Waals surface area contributed by atoms with Gasteiger partial charge in [0.2, 0.25) is 0 Å². The summed E-state index contributed by atoms with van der Waals surface area (Å²) in [6.45, 7) is 11.5. The maximum absolute atomic E-state index is 5.62. The Morgan fingerprint density at radius 1 is 1.22 bits per heavy atom. The Kier molecular flexibility index (Phi) is 5.31. The molecule has 0 spiro atoms. The number of fused-ring (bicyclic) bond motifs is 1. The van der Waals surface area contributed by atoms with Gasteiger partial charge in [-0.05, 0) is 31.1 Å². The van der Waals surface area contributed by atoms with Gasteiger partial charge in [0.05, 0.1) is 31.0 Å². The summed E-state index contributed by atoms with van der Waals surface area (Å²) in [5.41, 5.74) is 6.45. The van der Waals surface area contributed by atoms with Gasteiger partial charge >= 0.3 is 0 Å². The second kappa shape index (κ2) is 8.28. The number of benzene rings is 1. The average Bonchev–Trinajstić information content (AvgIpc) is 3.16. The highest BCUT2D eigenvalue weighted by atomic mass is 16.5. The number of ether oxygens (including phenoxy) is 1. The Morgan fingerprint density at radius 3 is 2.78 bits per heavy atom. The molecule has 6 heteroatoms. The number of pyridine rings is 1. The molecular weight excluding hydrogens is 398 g/mol. The fraction of sp³-hybridized carbons (Fsp3) is 0.308. The molecule has 164 valence electrons. The molecule has 5 rings (SSSR count). The lowest BCUT2D eigenvalue weighted by molar-refractivity contribution is 0.0985. The highest BCUT2D eigenvalue weighted by Gasteiger charge is 2.23. The largest absolute Gasteiger partial charge is 0.377 e. The Balaban J connectivity index is 1.65. The molecule has 2 aliphatic rings. The molecule has 4 heterocycles. The zero-order chi connectivity index (χ0) is 22.2. The van der Waals surface area contributed by atoms with Gasteiger partial charge in [-0.15, -0.1) is 0 Å². The number of aromatic nitrogens is 3.